The van der Waals surface area contributed by atoms with Gasteiger partial charge < -0.3 is 4.90 Å². The van der Waals surface area contributed by atoms with Gasteiger partial charge in [0.1, 0.15) is 0 Å². The summed E-state index contributed by atoms with van der Waals surface area (Å²) < 4.78 is 0. The molecule has 0 N–H and O–H groups in total. The molecule has 1 aromatic rings. The quantitative estimate of drug-likeness (QED) is 0.624. The van der Waals surface area contributed by atoms with Crippen LogP contribution in [0.3, 0.4) is 0 Å². The van der Waals surface area contributed by atoms with Crippen LogP contribution in [0.1, 0.15) is 5.56 Å². The van der Waals surface area contributed by atoms with Gasteiger partial charge in [-0.05, 0) is 21.1 Å². The van der Waals surface area contributed by atoms with Crippen LogP contribution >= 0.6 is 0 Å². The lowest BCUT2D eigenvalue weighted by molar-refractivity contribution is 0.505. The molecule has 0 unspecified atom stereocenters. The van der Waals surface area contributed by atoms with E-state index in [0.717, 1.165) is 0 Å². The summed E-state index contributed by atoms with van der Waals surface area (Å²) in [4.78, 5) is 11.9. The van der Waals surface area contributed by atoms with Crippen molar-refractivity contribution < 1.29 is 4.79 Å². The van der Waals surface area contributed by atoms with E-state index in [4.69, 9.17) is 0 Å². The first-order valence-corrected chi connectivity index (χ1v) is 3.71. The monoisotopic (exact) mass is 164 g/mol. The number of rotatable bonds is 1. The molecule has 0 aliphatic carbocycles. The predicted octanol–water partition coefficient (Wildman–Crippen LogP) is 1.32. The van der Waals surface area contributed by atoms with E-state index in [0.29, 0.717) is 5.56 Å². The van der Waals surface area contributed by atoms with E-state index >= 15 is 0 Å². The summed E-state index contributed by atoms with van der Waals surface area (Å²) in [5, 5.41) is 0. The second-order valence-corrected chi connectivity index (χ2v) is 2.81. The fourth-order valence-corrected chi connectivity index (χ4v) is 0.506. The Labute approximate surface area is 73.8 Å². The standard InChI is InChI=1S/C7H5O.C3H9N/c8-6-7-4-2-1-3-5-7;1-4(2)3/h1-5H;1-3H3. The molecule has 0 spiro atoms. The van der Waals surface area contributed by atoms with Crippen LogP contribution in [0.2, 0.25) is 0 Å². The van der Waals surface area contributed by atoms with Crippen LogP contribution in [0.25, 0.3) is 0 Å². The van der Waals surface area contributed by atoms with Crippen molar-refractivity contribution in [1.29, 1.82) is 0 Å². The fraction of sp³-hybridized carbons (Fsp3) is 0.300. The summed E-state index contributed by atoms with van der Waals surface area (Å²) in [7, 11) is 6.00. The Morgan fingerprint density at radius 3 is 1.75 bits per heavy atom. The van der Waals surface area contributed by atoms with Crippen LogP contribution in [0.15, 0.2) is 30.3 Å². The van der Waals surface area contributed by atoms with Crippen molar-refractivity contribution in [1.82, 2.24) is 4.90 Å². The van der Waals surface area contributed by atoms with E-state index in [2.05, 4.69) is 0 Å². The average Bonchev–Trinajstić information content (AvgIpc) is 2.05. The lowest BCUT2D eigenvalue weighted by Crippen LogP contribution is -1.99. The Hall–Kier alpha value is -1.15. The van der Waals surface area contributed by atoms with Crippen LogP contribution in [0.5, 0.6) is 0 Å². The van der Waals surface area contributed by atoms with Crippen molar-refractivity contribution >= 4 is 6.29 Å². The van der Waals surface area contributed by atoms with Gasteiger partial charge in [0.25, 0.3) is 0 Å². The summed E-state index contributed by atoms with van der Waals surface area (Å²) in [6, 6.07) is 8.90. The zero-order valence-electron chi connectivity index (χ0n) is 7.74. The lowest BCUT2D eigenvalue weighted by atomic mass is 10.2. The minimum atomic E-state index is 0.604. The van der Waals surface area contributed by atoms with Gasteiger partial charge in [-0.2, -0.15) is 0 Å². The largest absolute Gasteiger partial charge is 0.312 e. The van der Waals surface area contributed by atoms with Gasteiger partial charge in [-0.15, -0.1) is 0 Å². The molecule has 12 heavy (non-hydrogen) atoms. The van der Waals surface area contributed by atoms with Gasteiger partial charge in [0.15, 0.2) is 0 Å². The van der Waals surface area contributed by atoms with Crippen molar-refractivity contribution in [3.8, 4) is 0 Å². The molecule has 1 aromatic carbocycles. The highest BCUT2D eigenvalue weighted by atomic mass is 16.1. The molecule has 65 valence electrons. The molecular weight excluding hydrogens is 150 g/mol. The molecule has 0 heterocycles. The van der Waals surface area contributed by atoms with Gasteiger partial charge in [-0.1, -0.05) is 30.3 Å². The molecule has 2 nitrogen and oxygen atoms in total. The van der Waals surface area contributed by atoms with Crippen LogP contribution < -0.4 is 0 Å². The summed E-state index contributed by atoms with van der Waals surface area (Å²) in [6.07, 6.45) is 1.78. The highest BCUT2D eigenvalue weighted by Gasteiger charge is 1.81. The van der Waals surface area contributed by atoms with Crippen molar-refractivity contribution in [2.75, 3.05) is 21.1 Å². The molecule has 0 atom stereocenters. The first-order chi connectivity index (χ1) is 5.66. The Bertz CT molecular complexity index is 204. The smallest absolute Gasteiger partial charge is 0.233 e. The number of nitrogens with zero attached hydrogens (tertiary/aromatic N) is 1. The Balaban J connectivity index is 0.000000261. The zero-order valence-corrected chi connectivity index (χ0v) is 7.74. The number of hydrogen-bond donors (Lipinski definition) is 0. The molecule has 1 radical (unpaired) electrons. The first-order valence-electron chi connectivity index (χ1n) is 3.71. The molecule has 0 fully saturated rings. The van der Waals surface area contributed by atoms with Crippen molar-refractivity contribution in [3.63, 3.8) is 0 Å². The van der Waals surface area contributed by atoms with Crippen molar-refractivity contribution in [3.05, 3.63) is 35.9 Å². The van der Waals surface area contributed by atoms with Crippen molar-refractivity contribution in [2.45, 2.75) is 0 Å². The molecule has 0 aromatic heterocycles. The third-order valence-electron chi connectivity index (χ3n) is 0.892. The summed E-state index contributed by atoms with van der Waals surface area (Å²) >= 11 is 0. The second kappa shape index (κ2) is 6.55. The Morgan fingerprint density at radius 2 is 1.50 bits per heavy atom. The third-order valence-corrected chi connectivity index (χ3v) is 0.892. The van der Waals surface area contributed by atoms with E-state index in [1.165, 1.54) is 0 Å². The summed E-state index contributed by atoms with van der Waals surface area (Å²) in [5.41, 5.74) is 0.604. The van der Waals surface area contributed by atoms with E-state index in [1.807, 2.05) is 32.1 Å². The number of hydrogen-bond acceptors (Lipinski definition) is 2. The van der Waals surface area contributed by atoms with E-state index in [1.54, 1.807) is 30.6 Å². The minimum absolute atomic E-state index is 0.604. The molecule has 0 saturated heterocycles. The maximum absolute atomic E-state index is 9.88. The third kappa shape index (κ3) is 6.96. The van der Waals surface area contributed by atoms with E-state index in [-0.39, 0.29) is 0 Å². The molecular formula is C10H14NO. The Kier molecular flexibility index (Phi) is 5.93. The van der Waals surface area contributed by atoms with Gasteiger partial charge in [-0.3, -0.25) is 4.79 Å². The average molecular weight is 164 g/mol. The predicted molar refractivity (Wildman–Crippen MR) is 50.8 cm³/mol. The van der Waals surface area contributed by atoms with Gasteiger partial charge in [-0.25, -0.2) is 0 Å². The zero-order chi connectivity index (χ0) is 9.40. The molecule has 0 aliphatic rings. The van der Waals surface area contributed by atoms with Crippen LogP contribution in [0, 0.1) is 0 Å². The van der Waals surface area contributed by atoms with Gasteiger partial charge in [0.2, 0.25) is 6.29 Å². The SMILES string of the molecule is CN(C)C.O=[C]c1ccccc1. The van der Waals surface area contributed by atoms with Gasteiger partial charge in [0, 0.05) is 5.56 Å². The maximum Gasteiger partial charge on any atom is 0.233 e. The Morgan fingerprint density at radius 1 is 1.08 bits per heavy atom. The van der Waals surface area contributed by atoms with E-state index < -0.39 is 0 Å². The number of carbonyl (C=O) groups excluding carboxylic acids is 1. The van der Waals surface area contributed by atoms with E-state index in [9.17, 15) is 4.79 Å². The molecule has 0 aliphatic heterocycles. The maximum atomic E-state index is 9.88. The normalized spacial score (nSPS) is 8.67. The minimum Gasteiger partial charge on any atom is -0.312 e. The molecule has 0 amide bonds. The summed E-state index contributed by atoms with van der Waals surface area (Å²) in [5.74, 6) is 0. The van der Waals surface area contributed by atoms with Crippen LogP contribution in [-0.2, 0) is 4.79 Å². The topological polar surface area (TPSA) is 20.3 Å². The van der Waals surface area contributed by atoms with Gasteiger partial charge >= 0.3 is 0 Å². The molecule has 0 bridgehead atoms. The molecule has 1 rings (SSSR count). The van der Waals surface area contributed by atoms with Crippen LogP contribution in [0.4, 0.5) is 0 Å². The molecule has 0 saturated carbocycles. The highest BCUT2D eigenvalue weighted by Crippen LogP contribution is 1.91. The van der Waals surface area contributed by atoms with Crippen molar-refractivity contribution in [2.24, 2.45) is 0 Å². The fourth-order valence-electron chi connectivity index (χ4n) is 0.506. The lowest BCUT2D eigenvalue weighted by Gasteiger charge is -1.90. The second-order valence-electron chi connectivity index (χ2n) is 2.81. The van der Waals surface area contributed by atoms with Gasteiger partial charge in [0.05, 0.1) is 0 Å². The molecule has 2 heteroatoms. The summed E-state index contributed by atoms with van der Waals surface area (Å²) in [6.45, 7) is 0. The highest BCUT2D eigenvalue weighted by molar-refractivity contribution is 5.74. The first kappa shape index (κ1) is 10.8. The van der Waals surface area contributed by atoms with Crippen LogP contribution in [-0.4, -0.2) is 32.3 Å². The number of benzene rings is 1.